The average molecular weight is 272 g/mol. The summed E-state index contributed by atoms with van der Waals surface area (Å²) in [6.45, 7) is 0. The van der Waals surface area contributed by atoms with Gasteiger partial charge < -0.3 is 10.2 Å². The number of amides is 1. The number of carbonyl (C=O) groups is 2. The van der Waals surface area contributed by atoms with Crippen molar-refractivity contribution in [3.8, 4) is 0 Å². The minimum absolute atomic E-state index is 0.123. The van der Waals surface area contributed by atoms with E-state index < -0.39 is 0 Å². The molecule has 1 N–H and O–H groups in total. The van der Waals surface area contributed by atoms with Crippen LogP contribution in [0.3, 0.4) is 0 Å². The standard InChI is InChI=1S/C16H20N2O2/c1-18-13-6-7-14(18)9-12(8-13)17-16(20)15-5-3-2-4-11(15)10-19/h2-5,10,12-14H,6-9H2,1H3,(H,17,20). The lowest BCUT2D eigenvalue weighted by Crippen LogP contribution is -2.48. The lowest BCUT2D eigenvalue weighted by atomic mass is 9.97. The molecule has 0 aliphatic carbocycles. The predicted octanol–water partition coefficient (Wildman–Crippen LogP) is 1.85. The summed E-state index contributed by atoms with van der Waals surface area (Å²) in [5.41, 5.74) is 0.940. The van der Waals surface area contributed by atoms with E-state index in [0.29, 0.717) is 23.2 Å². The number of piperidine rings is 1. The normalized spacial score (nSPS) is 29.1. The van der Waals surface area contributed by atoms with Crippen LogP contribution >= 0.6 is 0 Å². The summed E-state index contributed by atoms with van der Waals surface area (Å²) >= 11 is 0. The van der Waals surface area contributed by atoms with Crippen LogP contribution in [-0.2, 0) is 0 Å². The summed E-state index contributed by atoms with van der Waals surface area (Å²) in [5.74, 6) is -0.123. The molecule has 2 aliphatic heterocycles. The number of carbonyl (C=O) groups excluding carboxylic acids is 2. The molecule has 4 heteroatoms. The molecule has 20 heavy (non-hydrogen) atoms. The molecule has 2 unspecified atom stereocenters. The largest absolute Gasteiger partial charge is 0.349 e. The van der Waals surface area contributed by atoms with Crippen molar-refractivity contribution in [2.24, 2.45) is 0 Å². The highest BCUT2D eigenvalue weighted by Gasteiger charge is 2.38. The number of fused-ring (bicyclic) bond motifs is 2. The van der Waals surface area contributed by atoms with Gasteiger partial charge in [0, 0.05) is 29.3 Å². The minimum Gasteiger partial charge on any atom is -0.349 e. The summed E-state index contributed by atoms with van der Waals surface area (Å²) in [7, 11) is 2.18. The van der Waals surface area contributed by atoms with Gasteiger partial charge in [-0.1, -0.05) is 18.2 Å². The Hall–Kier alpha value is -1.68. The van der Waals surface area contributed by atoms with Gasteiger partial charge in [0.1, 0.15) is 0 Å². The zero-order chi connectivity index (χ0) is 14.1. The van der Waals surface area contributed by atoms with Crippen LogP contribution in [0.2, 0.25) is 0 Å². The second kappa shape index (κ2) is 5.37. The summed E-state index contributed by atoms with van der Waals surface area (Å²) in [5, 5.41) is 3.11. The van der Waals surface area contributed by atoms with Gasteiger partial charge >= 0.3 is 0 Å². The van der Waals surface area contributed by atoms with Crippen LogP contribution in [0.4, 0.5) is 0 Å². The zero-order valence-corrected chi connectivity index (χ0v) is 11.7. The fraction of sp³-hybridized carbons (Fsp3) is 0.500. The topological polar surface area (TPSA) is 49.4 Å². The third-order valence-corrected chi connectivity index (χ3v) is 4.77. The van der Waals surface area contributed by atoms with Gasteiger partial charge in [0.25, 0.3) is 5.91 Å². The first-order chi connectivity index (χ1) is 9.69. The van der Waals surface area contributed by atoms with Crippen molar-refractivity contribution in [2.45, 2.75) is 43.8 Å². The Morgan fingerprint density at radius 1 is 1.25 bits per heavy atom. The van der Waals surface area contributed by atoms with Gasteiger partial charge in [-0.3, -0.25) is 9.59 Å². The van der Waals surface area contributed by atoms with Crippen molar-refractivity contribution >= 4 is 12.2 Å². The Morgan fingerprint density at radius 2 is 1.90 bits per heavy atom. The Kier molecular flexibility index (Phi) is 3.57. The minimum atomic E-state index is -0.123. The second-order valence-electron chi connectivity index (χ2n) is 5.90. The van der Waals surface area contributed by atoms with Crippen molar-refractivity contribution in [1.29, 1.82) is 0 Å². The quantitative estimate of drug-likeness (QED) is 0.854. The van der Waals surface area contributed by atoms with E-state index in [1.54, 1.807) is 24.3 Å². The third kappa shape index (κ3) is 2.36. The van der Waals surface area contributed by atoms with E-state index in [1.165, 1.54) is 12.8 Å². The molecule has 0 radical (unpaired) electrons. The Bertz CT molecular complexity index is 515. The highest BCUT2D eigenvalue weighted by atomic mass is 16.2. The number of rotatable bonds is 3. The fourth-order valence-electron chi connectivity index (χ4n) is 3.60. The highest BCUT2D eigenvalue weighted by molar-refractivity contribution is 6.01. The van der Waals surface area contributed by atoms with E-state index in [1.807, 2.05) is 0 Å². The predicted molar refractivity (Wildman–Crippen MR) is 76.9 cm³/mol. The summed E-state index contributed by atoms with van der Waals surface area (Å²) in [6, 6.07) is 8.39. The van der Waals surface area contributed by atoms with Crippen molar-refractivity contribution in [2.75, 3.05) is 7.05 Å². The summed E-state index contributed by atoms with van der Waals surface area (Å²) < 4.78 is 0. The smallest absolute Gasteiger partial charge is 0.252 e. The number of aldehydes is 1. The average Bonchev–Trinajstić information content (AvgIpc) is 2.68. The van der Waals surface area contributed by atoms with Gasteiger partial charge in [-0.15, -0.1) is 0 Å². The van der Waals surface area contributed by atoms with Crippen LogP contribution in [-0.4, -0.2) is 42.3 Å². The molecule has 2 fully saturated rings. The molecule has 0 spiro atoms. The van der Waals surface area contributed by atoms with Crippen LogP contribution in [0, 0.1) is 0 Å². The first-order valence-electron chi connectivity index (χ1n) is 7.26. The van der Waals surface area contributed by atoms with Crippen LogP contribution in [0.1, 0.15) is 46.4 Å². The van der Waals surface area contributed by atoms with Crippen molar-refractivity contribution in [3.05, 3.63) is 35.4 Å². The van der Waals surface area contributed by atoms with Crippen LogP contribution in [0.5, 0.6) is 0 Å². The maximum Gasteiger partial charge on any atom is 0.252 e. The van der Waals surface area contributed by atoms with E-state index in [0.717, 1.165) is 19.1 Å². The number of nitrogens with zero attached hydrogens (tertiary/aromatic N) is 1. The van der Waals surface area contributed by atoms with E-state index in [-0.39, 0.29) is 11.9 Å². The van der Waals surface area contributed by atoms with Crippen LogP contribution in [0.15, 0.2) is 24.3 Å². The molecule has 2 aliphatic rings. The molecule has 2 heterocycles. The van der Waals surface area contributed by atoms with Gasteiger partial charge in [0.15, 0.2) is 6.29 Å². The van der Waals surface area contributed by atoms with E-state index in [4.69, 9.17) is 0 Å². The molecule has 0 saturated carbocycles. The number of benzene rings is 1. The molecule has 0 aromatic heterocycles. The number of nitrogens with one attached hydrogen (secondary N) is 1. The molecule has 2 bridgehead atoms. The number of hydrogen-bond donors (Lipinski definition) is 1. The maximum absolute atomic E-state index is 12.3. The highest BCUT2D eigenvalue weighted by Crippen LogP contribution is 2.34. The molecule has 1 amide bonds. The van der Waals surface area contributed by atoms with Gasteiger partial charge in [-0.25, -0.2) is 0 Å². The molecule has 106 valence electrons. The first-order valence-corrected chi connectivity index (χ1v) is 7.26. The summed E-state index contributed by atoms with van der Waals surface area (Å²) in [4.78, 5) is 25.8. The Labute approximate surface area is 119 Å². The molecule has 2 atom stereocenters. The second-order valence-corrected chi connectivity index (χ2v) is 5.90. The van der Waals surface area contributed by atoms with Crippen molar-refractivity contribution in [3.63, 3.8) is 0 Å². The summed E-state index contributed by atoms with van der Waals surface area (Å²) in [6.07, 6.45) is 5.24. The molecule has 1 aromatic carbocycles. The fourth-order valence-corrected chi connectivity index (χ4v) is 3.60. The Balaban J connectivity index is 1.69. The zero-order valence-electron chi connectivity index (χ0n) is 11.7. The lowest BCUT2D eigenvalue weighted by molar-refractivity contribution is 0.0878. The van der Waals surface area contributed by atoms with Gasteiger partial charge in [0.2, 0.25) is 0 Å². The van der Waals surface area contributed by atoms with E-state index in [2.05, 4.69) is 17.3 Å². The van der Waals surface area contributed by atoms with Crippen molar-refractivity contribution in [1.82, 2.24) is 10.2 Å². The van der Waals surface area contributed by atoms with E-state index >= 15 is 0 Å². The molecular formula is C16H20N2O2. The van der Waals surface area contributed by atoms with E-state index in [9.17, 15) is 9.59 Å². The molecular weight excluding hydrogens is 252 g/mol. The lowest BCUT2D eigenvalue weighted by Gasteiger charge is -2.36. The van der Waals surface area contributed by atoms with Gasteiger partial charge in [0.05, 0.1) is 0 Å². The van der Waals surface area contributed by atoms with Gasteiger partial charge in [-0.05, 0) is 38.8 Å². The SMILES string of the molecule is CN1C2CCC1CC(NC(=O)c1ccccc1C=O)C2. The Morgan fingerprint density at radius 3 is 2.55 bits per heavy atom. The first kappa shape index (κ1) is 13.3. The number of hydrogen-bond acceptors (Lipinski definition) is 3. The maximum atomic E-state index is 12.3. The van der Waals surface area contributed by atoms with Crippen LogP contribution < -0.4 is 5.32 Å². The third-order valence-electron chi connectivity index (χ3n) is 4.77. The van der Waals surface area contributed by atoms with Crippen molar-refractivity contribution < 1.29 is 9.59 Å². The molecule has 1 aromatic rings. The monoisotopic (exact) mass is 272 g/mol. The molecule has 3 rings (SSSR count). The van der Waals surface area contributed by atoms with Gasteiger partial charge in [-0.2, -0.15) is 0 Å². The molecule has 4 nitrogen and oxygen atoms in total. The molecule has 2 saturated heterocycles. The van der Waals surface area contributed by atoms with Crippen LogP contribution in [0.25, 0.3) is 0 Å².